The number of alkyl halides is 2. The van der Waals surface area contributed by atoms with E-state index in [0.717, 1.165) is 24.3 Å². The molecule has 0 aliphatic rings. The molecule has 0 fully saturated rings. The van der Waals surface area contributed by atoms with Crippen molar-refractivity contribution in [3.63, 3.8) is 0 Å². The summed E-state index contributed by atoms with van der Waals surface area (Å²) in [5.41, 5.74) is -0.285. The molecule has 1 amide bonds. The molecule has 1 unspecified atom stereocenters. The first-order valence-corrected chi connectivity index (χ1v) is 7.97. The molecule has 0 saturated carbocycles. The van der Waals surface area contributed by atoms with E-state index in [9.17, 15) is 27.5 Å². The van der Waals surface area contributed by atoms with Crippen molar-refractivity contribution in [1.82, 2.24) is 5.32 Å². The number of benzene rings is 2. The minimum absolute atomic E-state index is 0.0290. The molecule has 0 saturated heterocycles. The fourth-order valence-electron chi connectivity index (χ4n) is 2.20. The summed E-state index contributed by atoms with van der Waals surface area (Å²) in [4.78, 5) is 12.1. The maximum atomic E-state index is 14.1. The number of carbonyl (C=O) groups is 1. The van der Waals surface area contributed by atoms with Gasteiger partial charge in [-0.25, -0.2) is 17.6 Å². The van der Waals surface area contributed by atoms with Crippen molar-refractivity contribution in [1.29, 1.82) is 0 Å². The smallest absolute Gasteiger partial charge is 0.294 e. The number of carbonyl (C=O) groups excluding carboxylic acids is 1. The zero-order valence-corrected chi connectivity index (χ0v) is 14.6. The fourth-order valence-corrected chi connectivity index (χ4v) is 2.53. The monoisotopic (exact) mass is 419 g/mol. The number of aliphatic hydroxyl groups is 1. The maximum Gasteiger partial charge on any atom is 0.294 e. The lowest BCUT2D eigenvalue weighted by molar-refractivity contribution is -0.106. The fraction of sp³-hybridized carbons (Fsp3) is 0.235. The van der Waals surface area contributed by atoms with Crippen LogP contribution in [0.4, 0.5) is 17.6 Å². The van der Waals surface area contributed by atoms with E-state index in [2.05, 4.69) is 15.9 Å². The molecule has 3 nitrogen and oxygen atoms in total. The number of hydrogen-bond donors (Lipinski definition) is 2. The summed E-state index contributed by atoms with van der Waals surface area (Å²) in [6.07, 6.45) is -2.25. The van der Waals surface area contributed by atoms with Gasteiger partial charge in [-0.2, -0.15) is 0 Å². The van der Waals surface area contributed by atoms with Gasteiger partial charge in [0.15, 0.2) is 0 Å². The van der Waals surface area contributed by atoms with Crippen LogP contribution in [0, 0.1) is 18.6 Å². The summed E-state index contributed by atoms with van der Waals surface area (Å²) in [5, 5.41) is 11.7. The second-order valence-electron chi connectivity index (χ2n) is 5.45. The number of aryl methyl sites for hydroxylation is 1. The Bertz CT molecular complexity index is 781. The SMILES string of the molecule is Cc1ccc(Br)c(F)c1C(=O)NCC(F)(F)C(O)c1ccc(F)cc1. The van der Waals surface area contributed by atoms with Gasteiger partial charge in [0.1, 0.15) is 17.7 Å². The number of nitrogens with one attached hydrogen (secondary N) is 1. The van der Waals surface area contributed by atoms with Crippen LogP contribution in [0.1, 0.15) is 27.6 Å². The van der Waals surface area contributed by atoms with Crippen LogP contribution in [0.15, 0.2) is 40.9 Å². The van der Waals surface area contributed by atoms with E-state index in [1.54, 1.807) is 0 Å². The third kappa shape index (κ3) is 4.38. The minimum Gasteiger partial charge on any atom is -0.382 e. The van der Waals surface area contributed by atoms with Gasteiger partial charge in [-0.05, 0) is 52.2 Å². The van der Waals surface area contributed by atoms with Crippen LogP contribution in [0.25, 0.3) is 0 Å². The van der Waals surface area contributed by atoms with E-state index in [4.69, 9.17) is 0 Å². The molecule has 0 aliphatic heterocycles. The first-order valence-electron chi connectivity index (χ1n) is 7.17. The summed E-state index contributed by atoms with van der Waals surface area (Å²) in [7, 11) is 0. The molecule has 0 bridgehead atoms. The Morgan fingerprint density at radius 1 is 1.20 bits per heavy atom. The molecule has 2 aromatic rings. The van der Waals surface area contributed by atoms with E-state index < -0.39 is 36.1 Å². The predicted molar refractivity (Wildman–Crippen MR) is 87.5 cm³/mol. The summed E-state index contributed by atoms with van der Waals surface area (Å²) in [6, 6.07) is 6.78. The Labute approximate surface area is 149 Å². The third-order valence-electron chi connectivity index (χ3n) is 3.60. The molecule has 2 rings (SSSR count). The highest BCUT2D eigenvalue weighted by atomic mass is 79.9. The Balaban J connectivity index is 2.12. The largest absolute Gasteiger partial charge is 0.382 e. The highest BCUT2D eigenvalue weighted by Crippen LogP contribution is 2.31. The first kappa shape index (κ1) is 19.4. The van der Waals surface area contributed by atoms with Gasteiger partial charge in [-0.1, -0.05) is 18.2 Å². The molecular weight excluding hydrogens is 406 g/mol. The second-order valence-corrected chi connectivity index (χ2v) is 6.31. The van der Waals surface area contributed by atoms with Gasteiger partial charge in [-0.3, -0.25) is 4.79 Å². The van der Waals surface area contributed by atoms with Crippen molar-refractivity contribution < 1.29 is 27.5 Å². The molecule has 134 valence electrons. The molecule has 8 heteroatoms. The number of amides is 1. The van der Waals surface area contributed by atoms with Gasteiger partial charge in [0.25, 0.3) is 11.8 Å². The third-order valence-corrected chi connectivity index (χ3v) is 4.21. The van der Waals surface area contributed by atoms with Crippen LogP contribution < -0.4 is 5.32 Å². The lowest BCUT2D eigenvalue weighted by Crippen LogP contribution is -2.41. The standard InChI is InChI=1S/C17H14BrF4NO2/c1-9-2-7-12(18)14(20)13(9)16(25)23-8-17(21,22)15(24)10-3-5-11(19)6-4-10/h2-7,15,24H,8H2,1H3,(H,23,25). The molecule has 25 heavy (non-hydrogen) atoms. The van der Waals surface area contributed by atoms with E-state index >= 15 is 0 Å². The van der Waals surface area contributed by atoms with E-state index in [0.29, 0.717) is 0 Å². The van der Waals surface area contributed by atoms with Crippen molar-refractivity contribution >= 4 is 21.8 Å². The van der Waals surface area contributed by atoms with Crippen molar-refractivity contribution in [2.75, 3.05) is 6.54 Å². The minimum atomic E-state index is -3.73. The summed E-state index contributed by atoms with van der Waals surface area (Å²) >= 11 is 2.92. The summed E-state index contributed by atoms with van der Waals surface area (Å²) < 4.78 is 55.1. The lowest BCUT2D eigenvalue weighted by atomic mass is 10.0. The molecule has 0 aromatic heterocycles. The van der Waals surface area contributed by atoms with Crippen molar-refractivity contribution in [2.24, 2.45) is 0 Å². The van der Waals surface area contributed by atoms with E-state index in [1.807, 2.05) is 5.32 Å². The molecular formula is C17H14BrF4NO2. The Kier molecular flexibility index (Phi) is 5.84. The summed E-state index contributed by atoms with van der Waals surface area (Å²) in [6.45, 7) is 0.256. The predicted octanol–water partition coefficient (Wildman–Crippen LogP) is 4.13. The maximum absolute atomic E-state index is 14.1. The Morgan fingerprint density at radius 2 is 1.80 bits per heavy atom. The Hall–Kier alpha value is -1.93. The van der Waals surface area contributed by atoms with Crippen molar-refractivity contribution in [3.05, 3.63) is 69.2 Å². The molecule has 0 heterocycles. The number of rotatable bonds is 5. The van der Waals surface area contributed by atoms with Crippen LogP contribution in [0.5, 0.6) is 0 Å². The average Bonchev–Trinajstić information content (AvgIpc) is 2.57. The van der Waals surface area contributed by atoms with Crippen molar-refractivity contribution in [3.8, 4) is 0 Å². The molecule has 2 N–H and O–H groups in total. The van der Waals surface area contributed by atoms with E-state index in [-0.39, 0.29) is 21.2 Å². The van der Waals surface area contributed by atoms with Crippen LogP contribution in [-0.4, -0.2) is 23.5 Å². The lowest BCUT2D eigenvalue weighted by Gasteiger charge is -2.23. The van der Waals surface area contributed by atoms with Gasteiger partial charge >= 0.3 is 0 Å². The number of halogens is 5. The molecule has 0 spiro atoms. The van der Waals surface area contributed by atoms with Gasteiger partial charge in [-0.15, -0.1) is 0 Å². The quantitative estimate of drug-likeness (QED) is 0.715. The normalized spacial score (nSPS) is 12.8. The molecule has 2 aromatic carbocycles. The zero-order chi connectivity index (χ0) is 18.8. The average molecular weight is 420 g/mol. The molecule has 0 aliphatic carbocycles. The van der Waals surface area contributed by atoms with Crippen LogP contribution in [-0.2, 0) is 0 Å². The van der Waals surface area contributed by atoms with Crippen LogP contribution >= 0.6 is 15.9 Å². The van der Waals surface area contributed by atoms with Crippen LogP contribution in [0.2, 0.25) is 0 Å². The molecule has 1 atom stereocenters. The Morgan fingerprint density at radius 3 is 2.40 bits per heavy atom. The number of hydrogen-bond acceptors (Lipinski definition) is 2. The van der Waals surface area contributed by atoms with Gasteiger partial charge in [0.2, 0.25) is 0 Å². The van der Waals surface area contributed by atoms with Gasteiger partial charge < -0.3 is 10.4 Å². The van der Waals surface area contributed by atoms with E-state index in [1.165, 1.54) is 19.1 Å². The molecule has 0 radical (unpaired) electrons. The van der Waals surface area contributed by atoms with Gasteiger partial charge in [0.05, 0.1) is 16.6 Å². The zero-order valence-electron chi connectivity index (χ0n) is 13.0. The van der Waals surface area contributed by atoms with Gasteiger partial charge in [0, 0.05) is 0 Å². The first-order chi connectivity index (χ1) is 11.6. The highest BCUT2D eigenvalue weighted by Gasteiger charge is 2.40. The van der Waals surface area contributed by atoms with Crippen molar-refractivity contribution in [2.45, 2.75) is 19.0 Å². The van der Waals surface area contributed by atoms with Crippen LogP contribution in [0.3, 0.4) is 0 Å². The topological polar surface area (TPSA) is 49.3 Å². The second kappa shape index (κ2) is 7.53. The highest BCUT2D eigenvalue weighted by molar-refractivity contribution is 9.10. The number of aliphatic hydroxyl groups excluding tert-OH is 1. The summed E-state index contributed by atoms with van der Waals surface area (Å²) in [5.74, 6) is -6.25.